The molecule has 20 heavy (non-hydrogen) atoms. The van der Waals surface area contributed by atoms with Gasteiger partial charge in [-0.1, -0.05) is 36.4 Å². The number of rotatable bonds is 4. The van der Waals surface area contributed by atoms with Gasteiger partial charge in [0.05, 0.1) is 12.7 Å². The van der Waals surface area contributed by atoms with Crippen LogP contribution in [0.25, 0.3) is 11.1 Å². The summed E-state index contributed by atoms with van der Waals surface area (Å²) in [5.74, 6) is -0.312. The molecule has 0 spiro atoms. The Morgan fingerprint density at radius 3 is 2.60 bits per heavy atom. The number of hydrogen-bond acceptors (Lipinski definition) is 2. The maximum atomic E-state index is 11.9. The molecule has 0 fully saturated rings. The van der Waals surface area contributed by atoms with Crippen molar-refractivity contribution in [2.75, 3.05) is 7.11 Å². The van der Waals surface area contributed by atoms with Crippen molar-refractivity contribution in [3.05, 3.63) is 71.8 Å². The molecule has 0 aromatic heterocycles. The van der Waals surface area contributed by atoms with E-state index in [1.165, 1.54) is 7.11 Å². The number of benzene rings is 2. The van der Waals surface area contributed by atoms with Crippen molar-refractivity contribution in [2.45, 2.75) is 13.3 Å². The molecular formula is C18H18O2. The first-order valence-electron chi connectivity index (χ1n) is 6.55. The molecule has 0 atom stereocenters. The van der Waals surface area contributed by atoms with Crippen molar-refractivity contribution in [3.8, 4) is 11.1 Å². The Balaban J connectivity index is 2.63. The van der Waals surface area contributed by atoms with Gasteiger partial charge in [0.1, 0.15) is 0 Å². The zero-order valence-corrected chi connectivity index (χ0v) is 11.8. The summed E-state index contributed by atoms with van der Waals surface area (Å²) in [5.41, 5.74) is 4.82. The monoisotopic (exact) mass is 266 g/mol. The van der Waals surface area contributed by atoms with E-state index in [-0.39, 0.29) is 5.97 Å². The van der Waals surface area contributed by atoms with Crippen LogP contribution < -0.4 is 0 Å². The summed E-state index contributed by atoms with van der Waals surface area (Å²) in [5, 5.41) is 0. The Hall–Kier alpha value is -2.35. The fourth-order valence-electron chi connectivity index (χ4n) is 2.27. The number of aryl methyl sites for hydroxylation is 1. The minimum Gasteiger partial charge on any atom is -0.465 e. The van der Waals surface area contributed by atoms with Gasteiger partial charge in [-0.25, -0.2) is 4.79 Å². The molecule has 2 aromatic carbocycles. The third-order valence-corrected chi connectivity index (χ3v) is 3.30. The Bertz CT molecular complexity index is 642. The van der Waals surface area contributed by atoms with Gasteiger partial charge in [-0.3, -0.25) is 0 Å². The molecule has 2 nitrogen and oxygen atoms in total. The summed E-state index contributed by atoms with van der Waals surface area (Å²) in [7, 11) is 1.40. The summed E-state index contributed by atoms with van der Waals surface area (Å²) >= 11 is 0. The molecule has 0 saturated heterocycles. The highest BCUT2D eigenvalue weighted by Crippen LogP contribution is 2.28. The first kappa shape index (κ1) is 14.1. The van der Waals surface area contributed by atoms with Gasteiger partial charge in [-0.2, -0.15) is 0 Å². The van der Waals surface area contributed by atoms with Crippen LogP contribution in [0, 0.1) is 6.92 Å². The van der Waals surface area contributed by atoms with E-state index in [4.69, 9.17) is 4.74 Å². The molecule has 0 saturated carbocycles. The largest absolute Gasteiger partial charge is 0.465 e. The van der Waals surface area contributed by atoms with E-state index in [9.17, 15) is 4.79 Å². The van der Waals surface area contributed by atoms with E-state index in [0.717, 1.165) is 28.7 Å². The Morgan fingerprint density at radius 1 is 1.20 bits per heavy atom. The van der Waals surface area contributed by atoms with Gasteiger partial charge in [-0.15, -0.1) is 6.58 Å². The van der Waals surface area contributed by atoms with E-state index < -0.39 is 0 Å². The van der Waals surface area contributed by atoms with Crippen molar-refractivity contribution in [2.24, 2.45) is 0 Å². The number of esters is 1. The summed E-state index contributed by atoms with van der Waals surface area (Å²) in [6.45, 7) is 5.80. The molecule has 0 aliphatic rings. The molecule has 0 aliphatic heterocycles. The highest BCUT2D eigenvalue weighted by molar-refractivity contribution is 5.97. The van der Waals surface area contributed by atoms with Gasteiger partial charge in [0.25, 0.3) is 0 Å². The van der Waals surface area contributed by atoms with E-state index in [1.807, 2.05) is 55.5 Å². The van der Waals surface area contributed by atoms with Crippen molar-refractivity contribution in [3.63, 3.8) is 0 Å². The SMILES string of the molecule is C=CCc1ccc(C(=O)OC)c(-c2ccccc2C)c1. The molecule has 0 heterocycles. The van der Waals surface area contributed by atoms with Crippen LogP contribution in [0.3, 0.4) is 0 Å². The van der Waals surface area contributed by atoms with Crippen molar-refractivity contribution in [1.29, 1.82) is 0 Å². The van der Waals surface area contributed by atoms with Gasteiger partial charge in [0.2, 0.25) is 0 Å². The number of carbonyl (C=O) groups excluding carboxylic acids is 1. The van der Waals surface area contributed by atoms with Crippen LogP contribution >= 0.6 is 0 Å². The van der Waals surface area contributed by atoms with Gasteiger partial charge < -0.3 is 4.74 Å². The van der Waals surface area contributed by atoms with E-state index in [2.05, 4.69) is 6.58 Å². The number of allylic oxidation sites excluding steroid dienone is 1. The zero-order valence-electron chi connectivity index (χ0n) is 11.8. The molecule has 2 rings (SSSR count). The maximum absolute atomic E-state index is 11.9. The predicted octanol–water partition coefficient (Wildman–Crippen LogP) is 4.18. The molecule has 102 valence electrons. The quantitative estimate of drug-likeness (QED) is 0.613. The lowest BCUT2D eigenvalue weighted by atomic mass is 9.93. The Morgan fingerprint density at radius 2 is 1.95 bits per heavy atom. The van der Waals surface area contributed by atoms with Gasteiger partial charge in [0, 0.05) is 0 Å². The first-order chi connectivity index (χ1) is 9.67. The fourth-order valence-corrected chi connectivity index (χ4v) is 2.27. The first-order valence-corrected chi connectivity index (χ1v) is 6.55. The van der Waals surface area contributed by atoms with Gasteiger partial charge in [-0.05, 0) is 47.7 Å². The molecule has 2 aromatic rings. The molecule has 0 radical (unpaired) electrons. The second-order valence-electron chi connectivity index (χ2n) is 4.68. The lowest BCUT2D eigenvalue weighted by Gasteiger charge is -2.12. The normalized spacial score (nSPS) is 10.1. The van der Waals surface area contributed by atoms with Crippen LogP contribution in [0.1, 0.15) is 21.5 Å². The third kappa shape index (κ3) is 2.80. The summed E-state index contributed by atoms with van der Waals surface area (Å²) in [6, 6.07) is 13.8. The number of ether oxygens (including phenoxy) is 1. The fraction of sp³-hybridized carbons (Fsp3) is 0.167. The van der Waals surface area contributed by atoms with Crippen LogP contribution in [0.4, 0.5) is 0 Å². The second-order valence-corrected chi connectivity index (χ2v) is 4.68. The maximum Gasteiger partial charge on any atom is 0.338 e. The summed E-state index contributed by atoms with van der Waals surface area (Å²) < 4.78 is 4.88. The highest BCUT2D eigenvalue weighted by atomic mass is 16.5. The summed E-state index contributed by atoms with van der Waals surface area (Å²) in [4.78, 5) is 11.9. The average molecular weight is 266 g/mol. The Kier molecular flexibility index (Phi) is 4.36. The third-order valence-electron chi connectivity index (χ3n) is 3.30. The van der Waals surface area contributed by atoms with Crippen LogP contribution in [-0.4, -0.2) is 13.1 Å². The highest BCUT2D eigenvalue weighted by Gasteiger charge is 2.14. The lowest BCUT2D eigenvalue weighted by Crippen LogP contribution is -2.04. The molecule has 0 unspecified atom stereocenters. The standard InChI is InChI=1S/C18H18O2/c1-4-7-14-10-11-16(18(19)20-3)17(12-14)15-9-6-5-8-13(15)2/h4-6,8-12H,1,7H2,2-3H3. The van der Waals surface area contributed by atoms with Crippen molar-refractivity contribution < 1.29 is 9.53 Å². The van der Waals surface area contributed by atoms with Crippen LogP contribution in [-0.2, 0) is 11.2 Å². The van der Waals surface area contributed by atoms with E-state index >= 15 is 0 Å². The smallest absolute Gasteiger partial charge is 0.338 e. The minimum atomic E-state index is -0.312. The van der Waals surface area contributed by atoms with E-state index in [1.54, 1.807) is 0 Å². The lowest BCUT2D eigenvalue weighted by molar-refractivity contribution is 0.0601. The molecule has 0 aliphatic carbocycles. The number of hydrogen-bond donors (Lipinski definition) is 0. The summed E-state index contributed by atoms with van der Waals surface area (Å²) in [6.07, 6.45) is 2.63. The molecular weight excluding hydrogens is 248 g/mol. The van der Waals surface area contributed by atoms with Gasteiger partial charge >= 0.3 is 5.97 Å². The topological polar surface area (TPSA) is 26.3 Å². The van der Waals surface area contributed by atoms with Crippen LogP contribution in [0.2, 0.25) is 0 Å². The van der Waals surface area contributed by atoms with E-state index in [0.29, 0.717) is 5.56 Å². The second kappa shape index (κ2) is 6.20. The number of methoxy groups -OCH3 is 1. The van der Waals surface area contributed by atoms with Crippen molar-refractivity contribution >= 4 is 5.97 Å². The van der Waals surface area contributed by atoms with Crippen LogP contribution in [0.5, 0.6) is 0 Å². The molecule has 0 bridgehead atoms. The Labute approximate surface area is 119 Å². The minimum absolute atomic E-state index is 0.312. The van der Waals surface area contributed by atoms with Gasteiger partial charge in [0.15, 0.2) is 0 Å². The van der Waals surface area contributed by atoms with Crippen LogP contribution in [0.15, 0.2) is 55.1 Å². The zero-order chi connectivity index (χ0) is 14.5. The average Bonchev–Trinajstić information content (AvgIpc) is 2.47. The molecule has 0 amide bonds. The molecule has 2 heteroatoms. The van der Waals surface area contributed by atoms with Crippen molar-refractivity contribution in [1.82, 2.24) is 0 Å². The number of carbonyl (C=O) groups is 1. The molecule has 0 N–H and O–H groups in total. The predicted molar refractivity (Wildman–Crippen MR) is 81.9 cm³/mol.